The fraction of sp³-hybridized carbons (Fsp3) is 0.278. The summed E-state index contributed by atoms with van der Waals surface area (Å²) in [7, 11) is -3.90. The first-order valence-corrected chi connectivity index (χ1v) is 17.3. The Hall–Kier alpha value is -4.34. The highest BCUT2D eigenvalue weighted by molar-refractivity contribution is 7.92. The predicted molar refractivity (Wildman–Crippen MR) is 183 cm³/mol. The molecule has 2 amide bonds. The van der Waals surface area contributed by atoms with Crippen LogP contribution in [-0.2, 0) is 39.2 Å². The maximum atomic E-state index is 14.2. The van der Waals surface area contributed by atoms with Crippen LogP contribution in [0.15, 0.2) is 109 Å². The molecule has 4 aromatic rings. The van der Waals surface area contributed by atoms with E-state index < -0.39 is 28.5 Å². The number of anilines is 1. The van der Waals surface area contributed by atoms with Gasteiger partial charge >= 0.3 is 0 Å². The molecule has 0 bridgehead atoms. The molecule has 1 N–H and O–H groups in total. The fourth-order valence-electron chi connectivity index (χ4n) is 4.87. The molecule has 4 rings (SSSR count). The SMILES string of the molecule is CC(C)CNC(=O)[C@@H](Cc1ccccc1)N(Cc1cccc(Cl)c1)C(=O)CN(c1ccc(OCc2ccccc2)cc1)S(C)(=O)=O. The van der Waals surface area contributed by atoms with Gasteiger partial charge in [-0.15, -0.1) is 0 Å². The lowest BCUT2D eigenvalue weighted by molar-refractivity contribution is -0.140. The summed E-state index contributed by atoms with van der Waals surface area (Å²) in [6, 6.07) is 31.8. The van der Waals surface area contributed by atoms with Gasteiger partial charge in [-0.1, -0.05) is 98.2 Å². The van der Waals surface area contributed by atoms with Gasteiger partial charge in [-0.2, -0.15) is 0 Å². The van der Waals surface area contributed by atoms with E-state index in [9.17, 15) is 18.0 Å². The van der Waals surface area contributed by atoms with Gasteiger partial charge in [0.05, 0.1) is 11.9 Å². The van der Waals surface area contributed by atoms with Crippen molar-refractivity contribution in [1.29, 1.82) is 0 Å². The van der Waals surface area contributed by atoms with Crippen LogP contribution in [0.4, 0.5) is 5.69 Å². The van der Waals surface area contributed by atoms with Gasteiger partial charge in [-0.25, -0.2) is 8.42 Å². The molecule has 0 saturated carbocycles. The van der Waals surface area contributed by atoms with Crippen LogP contribution in [0.25, 0.3) is 0 Å². The zero-order chi connectivity index (χ0) is 33.1. The maximum absolute atomic E-state index is 14.2. The molecule has 10 heteroatoms. The number of benzene rings is 4. The Morgan fingerprint density at radius 1 is 0.826 bits per heavy atom. The number of nitrogens with one attached hydrogen (secondary N) is 1. The Bertz CT molecular complexity index is 1680. The van der Waals surface area contributed by atoms with E-state index in [0.717, 1.165) is 21.7 Å². The molecule has 0 heterocycles. The number of sulfonamides is 1. The largest absolute Gasteiger partial charge is 0.489 e. The highest BCUT2D eigenvalue weighted by atomic mass is 35.5. The summed E-state index contributed by atoms with van der Waals surface area (Å²) >= 11 is 6.28. The van der Waals surface area contributed by atoms with E-state index in [1.807, 2.05) is 80.6 Å². The Morgan fingerprint density at radius 2 is 1.43 bits per heavy atom. The summed E-state index contributed by atoms with van der Waals surface area (Å²) < 4.78 is 33.1. The Morgan fingerprint density at radius 3 is 2.02 bits per heavy atom. The van der Waals surface area contributed by atoms with Crippen molar-refractivity contribution in [3.8, 4) is 5.75 Å². The molecule has 46 heavy (non-hydrogen) atoms. The average molecular weight is 662 g/mol. The van der Waals surface area contributed by atoms with Crippen LogP contribution in [0.1, 0.15) is 30.5 Å². The molecule has 0 fully saturated rings. The van der Waals surface area contributed by atoms with E-state index >= 15 is 0 Å². The van der Waals surface area contributed by atoms with E-state index in [4.69, 9.17) is 16.3 Å². The molecule has 0 radical (unpaired) electrons. The first-order chi connectivity index (χ1) is 22.0. The van der Waals surface area contributed by atoms with E-state index in [-0.39, 0.29) is 24.8 Å². The first kappa shape index (κ1) is 34.5. The molecule has 8 nitrogen and oxygen atoms in total. The average Bonchev–Trinajstić information content (AvgIpc) is 3.04. The number of carbonyl (C=O) groups is 2. The molecule has 0 aliphatic carbocycles. The second kappa shape index (κ2) is 16.3. The lowest BCUT2D eigenvalue weighted by Crippen LogP contribution is -2.53. The van der Waals surface area contributed by atoms with Crippen molar-refractivity contribution in [2.45, 2.75) is 39.5 Å². The molecule has 0 spiro atoms. The van der Waals surface area contributed by atoms with E-state index in [0.29, 0.717) is 35.2 Å². The zero-order valence-electron chi connectivity index (χ0n) is 26.3. The summed E-state index contributed by atoms with van der Waals surface area (Å²) in [5, 5.41) is 3.46. The first-order valence-electron chi connectivity index (χ1n) is 15.1. The van der Waals surface area contributed by atoms with Gasteiger partial charge in [-0.3, -0.25) is 13.9 Å². The lowest BCUT2D eigenvalue weighted by atomic mass is 10.0. The van der Waals surface area contributed by atoms with Crippen molar-refractivity contribution < 1.29 is 22.7 Å². The summed E-state index contributed by atoms with van der Waals surface area (Å²) in [4.78, 5) is 29.4. The Balaban J connectivity index is 1.64. The monoisotopic (exact) mass is 661 g/mol. The fourth-order valence-corrected chi connectivity index (χ4v) is 5.93. The number of hydrogen-bond donors (Lipinski definition) is 1. The van der Waals surface area contributed by atoms with E-state index in [2.05, 4.69) is 5.32 Å². The van der Waals surface area contributed by atoms with Crippen LogP contribution in [0.5, 0.6) is 5.75 Å². The van der Waals surface area contributed by atoms with E-state index in [1.54, 1.807) is 42.5 Å². The van der Waals surface area contributed by atoms with Gasteiger partial charge in [-0.05, 0) is 59.0 Å². The number of amides is 2. The molecule has 4 aromatic carbocycles. The van der Waals surface area contributed by atoms with Crippen LogP contribution >= 0.6 is 11.6 Å². The van der Waals surface area contributed by atoms with Crippen molar-refractivity contribution >= 4 is 39.1 Å². The van der Waals surface area contributed by atoms with Crippen molar-refractivity contribution in [2.24, 2.45) is 5.92 Å². The van der Waals surface area contributed by atoms with Crippen LogP contribution in [0.3, 0.4) is 0 Å². The molecule has 0 aromatic heterocycles. The Kier molecular flexibility index (Phi) is 12.2. The standard InChI is InChI=1S/C36H40ClN3O5S/c1-27(2)23-38-36(42)34(22-28-11-6-4-7-12-28)39(24-30-15-10-16-31(37)21-30)35(41)25-40(46(3,43)44)32-17-19-33(20-18-32)45-26-29-13-8-5-9-14-29/h4-21,27,34H,22-26H2,1-3H3,(H,38,42)/t34-/m1/s1. The van der Waals surface area contributed by atoms with Gasteiger partial charge in [0.2, 0.25) is 21.8 Å². The summed E-state index contributed by atoms with van der Waals surface area (Å²) in [5.74, 6) is -0.104. The number of rotatable bonds is 15. The number of halogens is 1. The highest BCUT2D eigenvalue weighted by Gasteiger charge is 2.33. The van der Waals surface area contributed by atoms with Gasteiger partial charge in [0.15, 0.2) is 0 Å². The van der Waals surface area contributed by atoms with Crippen LogP contribution in [0, 0.1) is 5.92 Å². The number of hydrogen-bond acceptors (Lipinski definition) is 5. The number of nitrogens with zero attached hydrogens (tertiary/aromatic N) is 2. The quantitative estimate of drug-likeness (QED) is 0.166. The molecular weight excluding hydrogens is 622 g/mol. The van der Waals surface area contributed by atoms with Gasteiger partial charge in [0, 0.05) is 24.5 Å². The summed E-state index contributed by atoms with van der Waals surface area (Å²) in [6.45, 7) is 4.31. The van der Waals surface area contributed by atoms with Crippen LogP contribution in [0.2, 0.25) is 5.02 Å². The van der Waals surface area contributed by atoms with Gasteiger partial charge in [0.1, 0.15) is 24.9 Å². The van der Waals surface area contributed by atoms with Crippen molar-refractivity contribution in [3.05, 3.63) is 131 Å². The predicted octanol–water partition coefficient (Wildman–Crippen LogP) is 6.10. The number of carbonyl (C=O) groups excluding carboxylic acids is 2. The van der Waals surface area contributed by atoms with Crippen molar-refractivity contribution in [3.63, 3.8) is 0 Å². The second-order valence-corrected chi connectivity index (χ2v) is 13.9. The van der Waals surface area contributed by atoms with Gasteiger partial charge < -0.3 is 15.0 Å². The molecule has 0 unspecified atom stereocenters. The molecule has 242 valence electrons. The molecule has 0 aliphatic heterocycles. The smallest absolute Gasteiger partial charge is 0.244 e. The number of ether oxygens (including phenoxy) is 1. The van der Waals surface area contributed by atoms with Crippen molar-refractivity contribution in [2.75, 3.05) is 23.7 Å². The summed E-state index contributed by atoms with van der Waals surface area (Å²) in [6.07, 6.45) is 1.29. The van der Waals surface area contributed by atoms with Crippen LogP contribution < -0.4 is 14.4 Å². The molecule has 0 saturated heterocycles. The summed E-state index contributed by atoms with van der Waals surface area (Å²) in [5.41, 5.74) is 2.87. The maximum Gasteiger partial charge on any atom is 0.244 e. The minimum atomic E-state index is -3.90. The third-order valence-electron chi connectivity index (χ3n) is 7.25. The molecular formula is C36H40ClN3O5S. The van der Waals surface area contributed by atoms with E-state index in [1.165, 1.54) is 4.90 Å². The topological polar surface area (TPSA) is 96.0 Å². The third kappa shape index (κ3) is 10.4. The minimum absolute atomic E-state index is 0.0514. The zero-order valence-corrected chi connectivity index (χ0v) is 27.9. The molecule has 0 aliphatic rings. The van der Waals surface area contributed by atoms with Crippen molar-refractivity contribution in [1.82, 2.24) is 10.2 Å². The minimum Gasteiger partial charge on any atom is -0.489 e. The van der Waals surface area contributed by atoms with Gasteiger partial charge in [0.25, 0.3) is 0 Å². The normalized spacial score (nSPS) is 11.9. The molecule has 1 atom stereocenters. The second-order valence-electron chi connectivity index (χ2n) is 11.5. The highest BCUT2D eigenvalue weighted by Crippen LogP contribution is 2.24. The van der Waals surface area contributed by atoms with Crippen LogP contribution in [-0.4, -0.2) is 50.5 Å². The third-order valence-corrected chi connectivity index (χ3v) is 8.63. The lowest BCUT2D eigenvalue weighted by Gasteiger charge is -2.33. The Labute approximate surface area is 277 Å².